The molecule has 2 saturated heterocycles. The molecule has 0 spiro atoms. The van der Waals surface area contributed by atoms with Crippen LogP contribution in [0.4, 0.5) is 16.0 Å². The number of ether oxygens (including phenoxy) is 1. The van der Waals surface area contributed by atoms with E-state index in [1.807, 2.05) is 11.0 Å². The maximum Gasteiger partial charge on any atom is 0.227 e. The van der Waals surface area contributed by atoms with Gasteiger partial charge in [-0.15, -0.1) is 0 Å². The van der Waals surface area contributed by atoms with Crippen molar-refractivity contribution in [2.24, 2.45) is 0 Å². The van der Waals surface area contributed by atoms with Crippen LogP contribution in [0, 0.1) is 5.82 Å². The highest BCUT2D eigenvalue weighted by atomic mass is 19.1. The van der Waals surface area contributed by atoms with Crippen LogP contribution in [-0.2, 0) is 16.0 Å². The van der Waals surface area contributed by atoms with Crippen LogP contribution >= 0.6 is 0 Å². The lowest BCUT2D eigenvalue weighted by Crippen LogP contribution is -2.49. The van der Waals surface area contributed by atoms with Crippen molar-refractivity contribution in [3.63, 3.8) is 0 Å². The first-order valence-corrected chi connectivity index (χ1v) is 9.61. The van der Waals surface area contributed by atoms with E-state index in [2.05, 4.69) is 19.8 Å². The SMILES string of the molecule is O=C(Cc1ccc(F)cc1)N1CCN(c2cc(N3CCOCC3)ncn2)CC1. The van der Waals surface area contributed by atoms with Crippen molar-refractivity contribution in [1.82, 2.24) is 14.9 Å². The van der Waals surface area contributed by atoms with Gasteiger partial charge in [0.2, 0.25) is 5.91 Å². The largest absolute Gasteiger partial charge is 0.378 e. The van der Waals surface area contributed by atoms with Crippen molar-refractivity contribution in [3.8, 4) is 0 Å². The normalized spacial score (nSPS) is 17.7. The van der Waals surface area contributed by atoms with Crippen LogP contribution in [0.3, 0.4) is 0 Å². The van der Waals surface area contributed by atoms with Crippen molar-refractivity contribution in [3.05, 3.63) is 48.0 Å². The Morgan fingerprint density at radius 3 is 2.18 bits per heavy atom. The van der Waals surface area contributed by atoms with Gasteiger partial charge in [0.25, 0.3) is 0 Å². The number of benzene rings is 1. The van der Waals surface area contributed by atoms with E-state index in [9.17, 15) is 9.18 Å². The van der Waals surface area contributed by atoms with Gasteiger partial charge in [0.05, 0.1) is 19.6 Å². The topological polar surface area (TPSA) is 61.8 Å². The molecule has 4 rings (SSSR count). The molecule has 1 amide bonds. The monoisotopic (exact) mass is 385 g/mol. The van der Waals surface area contributed by atoms with Crippen molar-refractivity contribution < 1.29 is 13.9 Å². The Balaban J connectivity index is 1.33. The molecular formula is C20H24FN5O2. The molecule has 0 saturated carbocycles. The molecule has 1 aromatic carbocycles. The fourth-order valence-electron chi connectivity index (χ4n) is 3.55. The van der Waals surface area contributed by atoms with Gasteiger partial charge in [0, 0.05) is 45.3 Å². The minimum atomic E-state index is -0.286. The highest BCUT2D eigenvalue weighted by Crippen LogP contribution is 2.20. The molecule has 7 nitrogen and oxygen atoms in total. The van der Waals surface area contributed by atoms with Crippen LogP contribution in [-0.4, -0.2) is 73.3 Å². The molecule has 0 radical (unpaired) electrons. The van der Waals surface area contributed by atoms with Gasteiger partial charge in [-0.1, -0.05) is 12.1 Å². The van der Waals surface area contributed by atoms with Crippen LogP contribution in [0.25, 0.3) is 0 Å². The fraction of sp³-hybridized carbons (Fsp3) is 0.450. The molecule has 1 aromatic heterocycles. The molecule has 8 heteroatoms. The molecule has 0 bridgehead atoms. The van der Waals surface area contributed by atoms with E-state index in [0.29, 0.717) is 32.7 Å². The van der Waals surface area contributed by atoms with Gasteiger partial charge in [0.1, 0.15) is 23.8 Å². The maximum atomic E-state index is 13.0. The first kappa shape index (κ1) is 18.6. The van der Waals surface area contributed by atoms with Gasteiger partial charge < -0.3 is 19.4 Å². The average molecular weight is 385 g/mol. The summed E-state index contributed by atoms with van der Waals surface area (Å²) in [5.41, 5.74) is 0.833. The predicted molar refractivity (Wildman–Crippen MR) is 104 cm³/mol. The van der Waals surface area contributed by atoms with Gasteiger partial charge in [-0.25, -0.2) is 14.4 Å². The quantitative estimate of drug-likeness (QED) is 0.792. The number of amides is 1. The van der Waals surface area contributed by atoms with E-state index in [0.717, 1.165) is 43.4 Å². The molecule has 28 heavy (non-hydrogen) atoms. The summed E-state index contributed by atoms with van der Waals surface area (Å²) in [6.45, 7) is 5.86. The molecule has 2 aliphatic rings. The van der Waals surface area contributed by atoms with Crippen LogP contribution in [0.1, 0.15) is 5.56 Å². The first-order valence-electron chi connectivity index (χ1n) is 9.61. The van der Waals surface area contributed by atoms with Crippen LogP contribution < -0.4 is 9.80 Å². The number of rotatable bonds is 4. The maximum absolute atomic E-state index is 13.0. The lowest BCUT2D eigenvalue weighted by Gasteiger charge is -2.36. The molecule has 0 unspecified atom stereocenters. The summed E-state index contributed by atoms with van der Waals surface area (Å²) < 4.78 is 18.4. The number of piperazine rings is 1. The number of carbonyl (C=O) groups excluding carboxylic acids is 1. The Bertz CT molecular complexity index is 802. The Morgan fingerprint density at radius 2 is 1.54 bits per heavy atom. The Hall–Kier alpha value is -2.74. The minimum absolute atomic E-state index is 0.0722. The van der Waals surface area contributed by atoms with Gasteiger partial charge in [0.15, 0.2) is 0 Å². The third-order valence-electron chi connectivity index (χ3n) is 5.20. The Kier molecular flexibility index (Phi) is 5.66. The van der Waals surface area contributed by atoms with E-state index >= 15 is 0 Å². The zero-order valence-corrected chi connectivity index (χ0v) is 15.8. The summed E-state index contributed by atoms with van der Waals surface area (Å²) in [7, 11) is 0. The number of morpholine rings is 1. The third kappa shape index (κ3) is 4.39. The molecule has 0 atom stereocenters. The molecule has 2 aliphatic heterocycles. The molecule has 0 N–H and O–H groups in total. The number of anilines is 2. The lowest BCUT2D eigenvalue weighted by atomic mass is 10.1. The summed E-state index contributed by atoms with van der Waals surface area (Å²) in [5.74, 6) is 1.60. The van der Waals surface area contributed by atoms with E-state index in [1.54, 1.807) is 18.5 Å². The average Bonchev–Trinajstić information content (AvgIpc) is 2.76. The Morgan fingerprint density at radius 1 is 0.929 bits per heavy atom. The van der Waals surface area contributed by atoms with Crippen LogP contribution in [0.15, 0.2) is 36.7 Å². The Labute approximate surface area is 163 Å². The molecule has 2 aromatic rings. The standard InChI is InChI=1S/C20H24FN5O2/c21-17-3-1-16(2-4-17)13-20(27)26-7-5-24(6-8-26)18-14-19(23-15-22-18)25-9-11-28-12-10-25/h1-4,14-15H,5-13H2. The second-order valence-electron chi connectivity index (χ2n) is 7.00. The number of aromatic nitrogens is 2. The van der Waals surface area contributed by atoms with Crippen molar-refractivity contribution in [2.45, 2.75) is 6.42 Å². The van der Waals surface area contributed by atoms with Crippen LogP contribution in [0.2, 0.25) is 0 Å². The van der Waals surface area contributed by atoms with Crippen molar-refractivity contribution >= 4 is 17.5 Å². The van der Waals surface area contributed by atoms with Gasteiger partial charge in [-0.3, -0.25) is 4.79 Å². The summed E-state index contributed by atoms with van der Waals surface area (Å²) in [4.78, 5) is 27.6. The number of halogens is 1. The molecule has 0 aliphatic carbocycles. The molecule has 2 fully saturated rings. The smallest absolute Gasteiger partial charge is 0.227 e. The molecule has 3 heterocycles. The van der Waals surface area contributed by atoms with Crippen molar-refractivity contribution in [1.29, 1.82) is 0 Å². The minimum Gasteiger partial charge on any atom is -0.378 e. The van der Waals surface area contributed by atoms with E-state index in [1.165, 1.54) is 12.1 Å². The number of hydrogen-bond acceptors (Lipinski definition) is 6. The highest BCUT2D eigenvalue weighted by Gasteiger charge is 2.23. The summed E-state index contributed by atoms with van der Waals surface area (Å²) >= 11 is 0. The van der Waals surface area contributed by atoms with Crippen LogP contribution in [0.5, 0.6) is 0 Å². The summed E-state index contributed by atoms with van der Waals surface area (Å²) in [6, 6.07) is 8.12. The van der Waals surface area contributed by atoms with Crippen molar-refractivity contribution in [2.75, 3.05) is 62.3 Å². The predicted octanol–water partition coefficient (Wildman–Crippen LogP) is 1.34. The fourth-order valence-corrected chi connectivity index (χ4v) is 3.55. The highest BCUT2D eigenvalue weighted by molar-refractivity contribution is 5.79. The second kappa shape index (κ2) is 8.52. The van der Waals surface area contributed by atoms with Gasteiger partial charge >= 0.3 is 0 Å². The second-order valence-corrected chi connectivity index (χ2v) is 7.00. The van der Waals surface area contributed by atoms with E-state index in [4.69, 9.17) is 4.74 Å². The van der Waals surface area contributed by atoms with Gasteiger partial charge in [-0.05, 0) is 17.7 Å². The van der Waals surface area contributed by atoms with E-state index < -0.39 is 0 Å². The number of nitrogens with zero attached hydrogens (tertiary/aromatic N) is 5. The van der Waals surface area contributed by atoms with Gasteiger partial charge in [-0.2, -0.15) is 0 Å². The molecular weight excluding hydrogens is 361 g/mol. The number of hydrogen-bond donors (Lipinski definition) is 0. The summed E-state index contributed by atoms with van der Waals surface area (Å²) in [5, 5.41) is 0. The number of carbonyl (C=O) groups is 1. The lowest BCUT2D eigenvalue weighted by molar-refractivity contribution is -0.130. The molecule has 148 valence electrons. The third-order valence-corrected chi connectivity index (χ3v) is 5.20. The zero-order chi connectivity index (χ0) is 19.3. The van der Waals surface area contributed by atoms with E-state index in [-0.39, 0.29) is 11.7 Å². The summed E-state index contributed by atoms with van der Waals surface area (Å²) in [6.07, 6.45) is 1.90. The first-order chi connectivity index (χ1) is 13.7. The zero-order valence-electron chi connectivity index (χ0n) is 15.8.